The van der Waals surface area contributed by atoms with E-state index in [1.807, 2.05) is 13.8 Å². The van der Waals surface area contributed by atoms with Gasteiger partial charge in [-0.1, -0.05) is 13.8 Å². The molecule has 2 N–H and O–H groups in total. The Morgan fingerprint density at radius 3 is 2.18 bits per heavy atom. The number of nitrogens with zero attached hydrogens (tertiary/aromatic N) is 1. The highest BCUT2D eigenvalue weighted by molar-refractivity contribution is 5.87. The second-order valence-corrected chi connectivity index (χ2v) is 6.73. The lowest BCUT2D eigenvalue weighted by molar-refractivity contribution is -0.129. The molecule has 0 aromatic rings. The molecule has 1 rings (SSSR count). The molecule has 1 aliphatic heterocycles. The maximum atomic E-state index is 12.3. The summed E-state index contributed by atoms with van der Waals surface area (Å²) >= 11 is 0. The van der Waals surface area contributed by atoms with Crippen molar-refractivity contribution in [3.63, 3.8) is 0 Å². The number of hydrogen-bond acceptors (Lipinski definition) is 4. The van der Waals surface area contributed by atoms with E-state index in [4.69, 9.17) is 4.74 Å². The lowest BCUT2D eigenvalue weighted by atomic mass is 10.0. The van der Waals surface area contributed by atoms with E-state index >= 15 is 0 Å². The summed E-state index contributed by atoms with van der Waals surface area (Å²) in [5.74, 6) is -0.244. The molecular weight excluding hydrogens is 282 g/mol. The minimum absolute atomic E-state index is 0.0580. The van der Waals surface area contributed by atoms with Gasteiger partial charge in [-0.15, -0.1) is 0 Å². The highest BCUT2D eigenvalue weighted by Gasteiger charge is 2.27. The van der Waals surface area contributed by atoms with Gasteiger partial charge in [-0.05, 0) is 26.7 Å². The molecule has 0 aromatic heterocycles. The standard InChI is InChI=1S/C16H31N3O3/c1-10(2)15(18-14(6)20)16(21)17-7-11(3)19-8-12(4)22-13(5)9-19/h10-13,15H,7-9H2,1-6H3,(H,17,21)(H,18,20)/t11-,12-,13-,15-/m0/s1. The average molecular weight is 313 g/mol. The number of carbonyl (C=O) groups excluding carboxylic acids is 2. The molecule has 4 atom stereocenters. The van der Waals surface area contributed by atoms with Crippen molar-refractivity contribution in [3.8, 4) is 0 Å². The molecule has 6 heteroatoms. The van der Waals surface area contributed by atoms with Crippen LogP contribution in [0.15, 0.2) is 0 Å². The highest BCUT2D eigenvalue weighted by atomic mass is 16.5. The summed E-state index contributed by atoms with van der Waals surface area (Å²) in [7, 11) is 0. The zero-order valence-corrected chi connectivity index (χ0v) is 14.7. The Hall–Kier alpha value is -1.14. The molecule has 0 aromatic carbocycles. The highest BCUT2D eigenvalue weighted by Crippen LogP contribution is 2.13. The summed E-state index contributed by atoms with van der Waals surface area (Å²) in [6.07, 6.45) is 0.425. The SMILES string of the molecule is CC(=O)N[C@H](C(=O)NC[C@H](C)N1C[C@H](C)O[C@@H](C)C1)C(C)C. The first-order chi connectivity index (χ1) is 10.2. The van der Waals surface area contributed by atoms with Crippen molar-refractivity contribution < 1.29 is 14.3 Å². The number of amides is 2. The quantitative estimate of drug-likeness (QED) is 0.759. The summed E-state index contributed by atoms with van der Waals surface area (Å²) in [5.41, 5.74) is 0. The smallest absolute Gasteiger partial charge is 0.242 e. The summed E-state index contributed by atoms with van der Waals surface area (Å²) in [4.78, 5) is 25.8. The topological polar surface area (TPSA) is 70.7 Å². The van der Waals surface area contributed by atoms with Crippen LogP contribution >= 0.6 is 0 Å². The molecule has 0 saturated carbocycles. The van der Waals surface area contributed by atoms with Crippen LogP contribution in [-0.2, 0) is 14.3 Å². The van der Waals surface area contributed by atoms with Gasteiger partial charge in [-0.3, -0.25) is 14.5 Å². The van der Waals surface area contributed by atoms with Crippen molar-refractivity contribution in [1.29, 1.82) is 0 Å². The van der Waals surface area contributed by atoms with E-state index in [0.717, 1.165) is 13.1 Å². The first kappa shape index (κ1) is 18.9. The minimum Gasteiger partial charge on any atom is -0.373 e. The Labute approximate surface area is 134 Å². The third-order valence-electron chi connectivity index (χ3n) is 3.95. The molecule has 1 saturated heterocycles. The van der Waals surface area contributed by atoms with Gasteiger partial charge >= 0.3 is 0 Å². The maximum absolute atomic E-state index is 12.3. The van der Waals surface area contributed by atoms with Crippen molar-refractivity contribution in [2.45, 2.75) is 65.8 Å². The van der Waals surface area contributed by atoms with E-state index in [9.17, 15) is 9.59 Å². The van der Waals surface area contributed by atoms with Crippen LogP contribution in [0.25, 0.3) is 0 Å². The van der Waals surface area contributed by atoms with Gasteiger partial charge in [0.15, 0.2) is 0 Å². The van der Waals surface area contributed by atoms with Crippen molar-refractivity contribution in [3.05, 3.63) is 0 Å². The van der Waals surface area contributed by atoms with Gasteiger partial charge in [0.2, 0.25) is 11.8 Å². The molecule has 6 nitrogen and oxygen atoms in total. The molecular formula is C16H31N3O3. The number of morpholine rings is 1. The van der Waals surface area contributed by atoms with Gasteiger partial charge in [0.05, 0.1) is 12.2 Å². The van der Waals surface area contributed by atoms with Crippen molar-refractivity contribution in [1.82, 2.24) is 15.5 Å². The fourth-order valence-electron chi connectivity index (χ4n) is 2.82. The molecule has 0 aliphatic carbocycles. The maximum Gasteiger partial charge on any atom is 0.242 e. The van der Waals surface area contributed by atoms with Crippen LogP contribution in [0, 0.1) is 5.92 Å². The second kappa shape index (κ2) is 8.48. The van der Waals surface area contributed by atoms with Crippen LogP contribution < -0.4 is 10.6 Å². The normalized spacial score (nSPS) is 25.6. The molecule has 22 heavy (non-hydrogen) atoms. The molecule has 128 valence electrons. The van der Waals surface area contributed by atoms with Crippen LogP contribution in [-0.4, -0.2) is 60.6 Å². The monoisotopic (exact) mass is 313 g/mol. The van der Waals surface area contributed by atoms with Gasteiger partial charge in [-0.2, -0.15) is 0 Å². The molecule has 0 unspecified atom stereocenters. The summed E-state index contributed by atoms with van der Waals surface area (Å²) in [6, 6.07) is -0.241. The molecule has 0 radical (unpaired) electrons. The Bertz CT molecular complexity index is 377. The van der Waals surface area contributed by atoms with E-state index < -0.39 is 6.04 Å². The molecule has 1 aliphatic rings. The Morgan fingerprint density at radius 1 is 1.18 bits per heavy atom. The summed E-state index contributed by atoms with van der Waals surface area (Å²) < 4.78 is 5.73. The molecule has 1 fully saturated rings. The fraction of sp³-hybridized carbons (Fsp3) is 0.875. The summed E-state index contributed by atoms with van der Waals surface area (Å²) in [6.45, 7) is 13.8. The zero-order chi connectivity index (χ0) is 16.9. The molecule has 1 heterocycles. The Balaban J connectivity index is 2.49. The van der Waals surface area contributed by atoms with Crippen LogP contribution in [0.5, 0.6) is 0 Å². The largest absolute Gasteiger partial charge is 0.373 e. The first-order valence-corrected chi connectivity index (χ1v) is 8.15. The number of nitrogens with one attached hydrogen (secondary N) is 2. The average Bonchev–Trinajstić information content (AvgIpc) is 2.40. The summed E-state index contributed by atoms with van der Waals surface area (Å²) in [5, 5.41) is 5.67. The first-order valence-electron chi connectivity index (χ1n) is 8.15. The van der Waals surface area contributed by atoms with Crippen molar-refractivity contribution in [2.24, 2.45) is 5.92 Å². The predicted molar refractivity (Wildman–Crippen MR) is 86.5 cm³/mol. The van der Waals surface area contributed by atoms with E-state index in [1.54, 1.807) is 0 Å². The van der Waals surface area contributed by atoms with Crippen LogP contribution in [0.1, 0.15) is 41.5 Å². The van der Waals surface area contributed by atoms with Crippen molar-refractivity contribution in [2.75, 3.05) is 19.6 Å². The minimum atomic E-state index is -0.479. The molecule has 0 bridgehead atoms. The number of ether oxygens (including phenoxy) is 1. The van der Waals surface area contributed by atoms with Gasteiger partial charge < -0.3 is 15.4 Å². The zero-order valence-electron chi connectivity index (χ0n) is 14.7. The van der Waals surface area contributed by atoms with Gasteiger partial charge in [0.1, 0.15) is 6.04 Å². The van der Waals surface area contributed by atoms with E-state index in [0.29, 0.717) is 6.54 Å². The number of rotatable bonds is 6. The second-order valence-electron chi connectivity index (χ2n) is 6.73. The van der Waals surface area contributed by atoms with Gasteiger partial charge in [-0.25, -0.2) is 0 Å². The third-order valence-corrected chi connectivity index (χ3v) is 3.95. The Kier molecular flexibility index (Phi) is 7.29. The molecule has 0 spiro atoms. The predicted octanol–water partition coefficient (Wildman–Crippen LogP) is 0.761. The number of carbonyl (C=O) groups is 2. The lowest BCUT2D eigenvalue weighted by Crippen LogP contribution is -2.55. The lowest BCUT2D eigenvalue weighted by Gasteiger charge is -2.39. The van der Waals surface area contributed by atoms with Crippen LogP contribution in [0.4, 0.5) is 0 Å². The molecule has 2 amide bonds. The van der Waals surface area contributed by atoms with E-state index in [2.05, 4.69) is 36.3 Å². The number of hydrogen-bond donors (Lipinski definition) is 2. The fourth-order valence-corrected chi connectivity index (χ4v) is 2.82. The van der Waals surface area contributed by atoms with Gasteiger partial charge in [0.25, 0.3) is 0 Å². The Morgan fingerprint density at radius 2 is 1.73 bits per heavy atom. The van der Waals surface area contributed by atoms with Crippen LogP contribution in [0.2, 0.25) is 0 Å². The van der Waals surface area contributed by atoms with E-state index in [-0.39, 0.29) is 36.0 Å². The van der Waals surface area contributed by atoms with E-state index in [1.165, 1.54) is 6.92 Å². The van der Waals surface area contributed by atoms with Gasteiger partial charge in [0, 0.05) is 32.6 Å². The third kappa shape index (κ3) is 5.93. The van der Waals surface area contributed by atoms with Crippen LogP contribution in [0.3, 0.4) is 0 Å². The van der Waals surface area contributed by atoms with Crippen molar-refractivity contribution >= 4 is 11.8 Å².